The third-order valence-corrected chi connectivity index (χ3v) is 1.72. The Kier molecular flexibility index (Phi) is 3.83. The van der Waals surface area contributed by atoms with Crippen molar-refractivity contribution in [2.45, 2.75) is 6.92 Å². The molecule has 0 aromatic carbocycles. The fourth-order valence-electron chi connectivity index (χ4n) is 0.950. The molecule has 1 aromatic rings. The Bertz CT molecular complexity index is 522. The summed E-state index contributed by atoms with van der Waals surface area (Å²) in [7, 11) is 0. The number of azide groups is 1. The average Bonchev–Trinajstić information content (AvgIpc) is 2.26. The lowest BCUT2D eigenvalue weighted by Crippen LogP contribution is -1.93. The summed E-state index contributed by atoms with van der Waals surface area (Å²) in [5.74, 6) is 5.24. The highest BCUT2D eigenvalue weighted by atomic mass is 16.6. The first-order valence-electron chi connectivity index (χ1n) is 4.26. The smallest absolute Gasteiger partial charge is 0.258 e. The lowest BCUT2D eigenvalue weighted by atomic mass is 10.2. The Hall–Kier alpha value is -2.58. The largest absolute Gasteiger partial charge is 0.288 e. The molecule has 0 atom stereocenters. The Morgan fingerprint density at radius 3 is 3.12 bits per heavy atom. The van der Waals surface area contributed by atoms with Crippen LogP contribution in [0.2, 0.25) is 0 Å². The van der Waals surface area contributed by atoms with Crippen molar-refractivity contribution in [3.05, 3.63) is 44.1 Å². The van der Waals surface area contributed by atoms with Crippen LogP contribution in [-0.4, -0.2) is 16.5 Å². The molecule has 1 rings (SSSR count). The molecule has 1 aromatic heterocycles. The maximum Gasteiger partial charge on any atom is 0.288 e. The molecule has 0 aliphatic carbocycles. The van der Waals surface area contributed by atoms with Gasteiger partial charge in [-0.15, -0.1) is 0 Å². The van der Waals surface area contributed by atoms with Crippen molar-refractivity contribution in [2.75, 3.05) is 6.54 Å². The molecule has 0 saturated carbocycles. The van der Waals surface area contributed by atoms with Crippen LogP contribution in [0.3, 0.4) is 0 Å². The third kappa shape index (κ3) is 2.97. The van der Waals surface area contributed by atoms with Gasteiger partial charge in [-0.25, -0.2) is 0 Å². The molecule has 0 aliphatic heterocycles. The summed E-state index contributed by atoms with van der Waals surface area (Å²) >= 11 is 0. The van der Waals surface area contributed by atoms with Gasteiger partial charge in [0.15, 0.2) is 0 Å². The maximum atomic E-state index is 10.5. The van der Waals surface area contributed by atoms with Gasteiger partial charge in [-0.05, 0) is 12.5 Å². The highest BCUT2D eigenvalue weighted by Crippen LogP contribution is 2.13. The van der Waals surface area contributed by atoms with Crippen molar-refractivity contribution in [2.24, 2.45) is 5.11 Å². The SMILES string of the molecule is Cc1ncc([N+](=O)[O-])cc1C#CCN=[N+]=[N-]. The maximum absolute atomic E-state index is 10.5. The molecular weight excluding hydrogens is 210 g/mol. The van der Waals surface area contributed by atoms with Crippen molar-refractivity contribution >= 4 is 5.69 Å². The minimum atomic E-state index is -0.537. The van der Waals surface area contributed by atoms with Crippen LogP contribution in [-0.2, 0) is 0 Å². The molecule has 7 heteroatoms. The molecule has 7 nitrogen and oxygen atoms in total. The lowest BCUT2D eigenvalue weighted by molar-refractivity contribution is -0.385. The lowest BCUT2D eigenvalue weighted by Gasteiger charge is -1.96. The van der Waals surface area contributed by atoms with Crippen molar-refractivity contribution < 1.29 is 4.92 Å². The van der Waals surface area contributed by atoms with E-state index in [0.717, 1.165) is 0 Å². The van der Waals surface area contributed by atoms with Gasteiger partial charge >= 0.3 is 0 Å². The Balaban J connectivity index is 3.01. The molecule has 0 amide bonds. The predicted molar refractivity (Wildman–Crippen MR) is 56.5 cm³/mol. The molecule has 0 radical (unpaired) electrons. The molecule has 0 fully saturated rings. The Morgan fingerprint density at radius 1 is 1.75 bits per heavy atom. The van der Waals surface area contributed by atoms with Crippen molar-refractivity contribution in [3.63, 3.8) is 0 Å². The van der Waals surface area contributed by atoms with E-state index in [2.05, 4.69) is 26.9 Å². The van der Waals surface area contributed by atoms with Crippen molar-refractivity contribution in [1.29, 1.82) is 0 Å². The second kappa shape index (κ2) is 5.34. The monoisotopic (exact) mass is 217 g/mol. The van der Waals surface area contributed by atoms with Gasteiger partial charge in [0.25, 0.3) is 5.69 Å². The minimum Gasteiger partial charge on any atom is -0.258 e. The highest BCUT2D eigenvalue weighted by Gasteiger charge is 2.07. The van der Waals surface area contributed by atoms with E-state index in [1.807, 2.05) is 0 Å². The summed E-state index contributed by atoms with van der Waals surface area (Å²) in [4.78, 5) is 16.3. The van der Waals surface area contributed by atoms with Gasteiger partial charge in [0.2, 0.25) is 0 Å². The molecule has 16 heavy (non-hydrogen) atoms. The molecule has 0 aliphatic rings. The quantitative estimate of drug-likeness (QED) is 0.189. The van der Waals surface area contributed by atoms with Crippen LogP contribution in [0.15, 0.2) is 17.4 Å². The summed E-state index contributed by atoms with van der Waals surface area (Å²) in [6.45, 7) is 1.72. The van der Waals surface area contributed by atoms with Crippen LogP contribution in [0.1, 0.15) is 11.3 Å². The molecule has 0 N–H and O–H groups in total. The zero-order valence-corrected chi connectivity index (χ0v) is 8.41. The topological polar surface area (TPSA) is 105 Å². The second-order valence-electron chi connectivity index (χ2n) is 2.77. The Labute approximate surface area is 90.9 Å². The van der Waals surface area contributed by atoms with E-state index in [1.165, 1.54) is 12.3 Å². The van der Waals surface area contributed by atoms with E-state index in [4.69, 9.17) is 5.53 Å². The van der Waals surface area contributed by atoms with Crippen molar-refractivity contribution in [3.8, 4) is 11.8 Å². The molecular formula is C9H7N5O2. The summed E-state index contributed by atoms with van der Waals surface area (Å²) in [6.07, 6.45) is 1.17. The number of hydrogen-bond acceptors (Lipinski definition) is 4. The van der Waals surface area contributed by atoms with E-state index in [-0.39, 0.29) is 12.2 Å². The first-order chi connectivity index (χ1) is 7.65. The van der Waals surface area contributed by atoms with E-state index in [9.17, 15) is 10.1 Å². The normalized spacial score (nSPS) is 8.56. The van der Waals surface area contributed by atoms with E-state index in [1.54, 1.807) is 6.92 Å². The van der Waals surface area contributed by atoms with Gasteiger partial charge < -0.3 is 0 Å². The molecule has 80 valence electrons. The van der Waals surface area contributed by atoms with Gasteiger partial charge in [0, 0.05) is 11.0 Å². The number of aryl methyl sites for hydroxylation is 1. The fraction of sp³-hybridized carbons (Fsp3) is 0.222. The molecule has 0 spiro atoms. The predicted octanol–water partition coefficient (Wildman–Crippen LogP) is 1.96. The van der Waals surface area contributed by atoms with Crippen LogP contribution in [0.25, 0.3) is 10.4 Å². The number of nitrogens with zero attached hydrogens (tertiary/aromatic N) is 5. The summed E-state index contributed by atoms with van der Waals surface area (Å²) in [6, 6.07) is 1.34. The van der Waals surface area contributed by atoms with E-state index >= 15 is 0 Å². The minimum absolute atomic E-state index is 0.0264. The number of aromatic nitrogens is 1. The van der Waals surface area contributed by atoms with Crippen LogP contribution in [0, 0.1) is 28.9 Å². The third-order valence-electron chi connectivity index (χ3n) is 1.72. The average molecular weight is 217 g/mol. The highest BCUT2D eigenvalue weighted by molar-refractivity contribution is 5.44. The van der Waals surface area contributed by atoms with Crippen LogP contribution in [0.4, 0.5) is 5.69 Å². The van der Waals surface area contributed by atoms with E-state index in [0.29, 0.717) is 11.3 Å². The summed E-state index contributed by atoms with van der Waals surface area (Å²) in [5, 5.41) is 13.7. The first-order valence-corrected chi connectivity index (χ1v) is 4.26. The van der Waals surface area contributed by atoms with Crippen LogP contribution in [0.5, 0.6) is 0 Å². The molecule has 0 bridgehead atoms. The molecule has 1 heterocycles. The van der Waals surface area contributed by atoms with Gasteiger partial charge in [0.05, 0.1) is 22.7 Å². The number of rotatable bonds is 2. The molecule has 0 unspecified atom stereocenters. The van der Waals surface area contributed by atoms with Gasteiger partial charge in [-0.2, -0.15) is 0 Å². The van der Waals surface area contributed by atoms with Gasteiger partial charge in [0.1, 0.15) is 6.20 Å². The summed E-state index contributed by atoms with van der Waals surface area (Å²) in [5.41, 5.74) is 8.97. The second-order valence-corrected chi connectivity index (χ2v) is 2.77. The van der Waals surface area contributed by atoms with Gasteiger partial charge in [-0.1, -0.05) is 17.0 Å². The zero-order chi connectivity index (χ0) is 12.0. The van der Waals surface area contributed by atoms with Crippen LogP contribution < -0.4 is 0 Å². The zero-order valence-electron chi connectivity index (χ0n) is 8.41. The van der Waals surface area contributed by atoms with Crippen LogP contribution >= 0.6 is 0 Å². The summed E-state index contributed by atoms with van der Waals surface area (Å²) < 4.78 is 0. The van der Waals surface area contributed by atoms with E-state index < -0.39 is 4.92 Å². The number of nitro groups is 1. The molecule has 0 saturated heterocycles. The standard InChI is InChI=1S/C9H7N5O2/c1-7-8(3-2-4-12-13-10)5-9(6-11-7)14(15)16/h5-6H,4H2,1H3. The fourth-order valence-corrected chi connectivity index (χ4v) is 0.950. The number of pyridine rings is 1. The van der Waals surface area contributed by atoms with Crippen molar-refractivity contribution in [1.82, 2.24) is 4.98 Å². The van der Waals surface area contributed by atoms with Gasteiger partial charge in [-0.3, -0.25) is 15.1 Å². The Morgan fingerprint density at radius 2 is 2.50 bits per heavy atom. The number of hydrogen-bond donors (Lipinski definition) is 0. The first kappa shape index (κ1) is 11.5.